The number of non-ortho nitro benzene ring substituents is 1. The molecule has 4 heteroatoms. The number of fused-ring (bicyclic) bond motifs is 1. The summed E-state index contributed by atoms with van der Waals surface area (Å²) in [6.45, 7) is 0. The summed E-state index contributed by atoms with van der Waals surface area (Å²) in [6, 6.07) is 7.11. The van der Waals surface area contributed by atoms with E-state index in [-0.39, 0.29) is 31.0 Å². The summed E-state index contributed by atoms with van der Waals surface area (Å²) in [5, 5.41) is 11.6. The molecule has 0 saturated carbocycles. The quantitative estimate of drug-likeness (QED) is 0.452. The van der Waals surface area contributed by atoms with Crippen LogP contribution in [0.4, 0.5) is 5.69 Å². The molecule has 3 nitrogen and oxygen atoms in total. The fourth-order valence-electron chi connectivity index (χ4n) is 1.06. The Labute approximate surface area is 78.4 Å². The summed E-state index contributed by atoms with van der Waals surface area (Å²) in [7, 11) is 0. The van der Waals surface area contributed by atoms with E-state index in [4.69, 9.17) is 0 Å². The minimum atomic E-state index is -0.342. The first-order valence-corrected chi connectivity index (χ1v) is 5.90. The Hall–Kier alpha value is -0.850. The molecule has 0 aliphatic carbocycles. The Morgan fingerprint density at radius 1 is 1.33 bits per heavy atom. The average molecular weight is 275 g/mol. The number of nitrogens with zero attached hydrogens (tertiary/aromatic N) is 1. The summed E-state index contributed by atoms with van der Waals surface area (Å²) in [5.41, 5.74) is 0.211. The number of nitro benzene ring substituents is 1. The second-order valence-corrected chi connectivity index (χ2v) is 5.10. The summed E-state index contributed by atoms with van der Waals surface area (Å²) >= 11 is -0.272. The van der Waals surface area contributed by atoms with Crippen molar-refractivity contribution in [1.82, 2.24) is 0 Å². The molecule has 0 saturated heterocycles. The van der Waals surface area contributed by atoms with Crippen molar-refractivity contribution in [1.29, 1.82) is 0 Å². The van der Waals surface area contributed by atoms with Crippen molar-refractivity contribution < 1.29 is 4.92 Å². The van der Waals surface area contributed by atoms with Crippen LogP contribution in [0.3, 0.4) is 0 Å². The van der Waals surface area contributed by atoms with Gasteiger partial charge < -0.3 is 0 Å². The molecule has 0 unspecified atom stereocenters. The molecule has 1 aromatic carbocycles. The van der Waals surface area contributed by atoms with Crippen LogP contribution < -0.4 is 0 Å². The van der Waals surface area contributed by atoms with Gasteiger partial charge in [-0.3, -0.25) is 0 Å². The SMILES string of the molecule is O=[N+]([O-])c1ccc2cc[te]c2c1. The summed E-state index contributed by atoms with van der Waals surface area (Å²) in [4.78, 5) is 10.1. The molecule has 0 aliphatic rings. The number of hydrogen-bond acceptors (Lipinski definition) is 2. The van der Waals surface area contributed by atoms with Gasteiger partial charge in [0.05, 0.1) is 0 Å². The molecule has 0 aliphatic heterocycles. The van der Waals surface area contributed by atoms with Crippen LogP contribution in [-0.2, 0) is 0 Å². The zero-order chi connectivity index (χ0) is 8.55. The predicted octanol–water partition coefficient (Wildman–Crippen LogP) is 1.80. The van der Waals surface area contributed by atoms with Crippen molar-refractivity contribution in [3.05, 3.63) is 38.5 Å². The van der Waals surface area contributed by atoms with Crippen LogP contribution in [0.25, 0.3) is 8.79 Å². The third-order valence-electron chi connectivity index (χ3n) is 1.65. The summed E-state index contributed by atoms with van der Waals surface area (Å²) < 4.78 is 3.31. The van der Waals surface area contributed by atoms with Gasteiger partial charge in [-0.1, -0.05) is 0 Å². The molecule has 0 amide bonds. The molecule has 60 valence electrons. The van der Waals surface area contributed by atoms with Gasteiger partial charge in [-0.25, -0.2) is 0 Å². The van der Waals surface area contributed by atoms with Crippen LogP contribution in [0, 0.1) is 10.1 Å². The van der Waals surface area contributed by atoms with Gasteiger partial charge in [0.15, 0.2) is 0 Å². The summed E-state index contributed by atoms with van der Waals surface area (Å²) in [6.07, 6.45) is 0. The normalized spacial score (nSPS) is 10.3. The average Bonchev–Trinajstić information content (AvgIpc) is 2.49. The van der Waals surface area contributed by atoms with E-state index in [1.165, 1.54) is 3.40 Å². The van der Waals surface area contributed by atoms with E-state index in [0.717, 1.165) is 5.39 Å². The van der Waals surface area contributed by atoms with E-state index >= 15 is 0 Å². The Morgan fingerprint density at radius 2 is 2.17 bits per heavy atom. The van der Waals surface area contributed by atoms with E-state index in [1.54, 1.807) is 12.1 Å². The van der Waals surface area contributed by atoms with Crippen LogP contribution in [0.15, 0.2) is 28.3 Å². The molecule has 0 N–H and O–H groups in total. The van der Waals surface area contributed by atoms with Crippen molar-refractivity contribution in [2.75, 3.05) is 0 Å². The van der Waals surface area contributed by atoms with Crippen LogP contribution in [0.1, 0.15) is 0 Å². The molecular weight excluding hydrogens is 270 g/mol. The second-order valence-electron chi connectivity index (χ2n) is 2.40. The van der Waals surface area contributed by atoms with Gasteiger partial charge in [0.2, 0.25) is 0 Å². The van der Waals surface area contributed by atoms with Gasteiger partial charge >= 0.3 is 78.3 Å². The molecular formula is C8H5NO2Te. The second kappa shape index (κ2) is 2.89. The minimum absolute atomic E-state index is 0.211. The molecule has 0 radical (unpaired) electrons. The monoisotopic (exact) mass is 277 g/mol. The van der Waals surface area contributed by atoms with Gasteiger partial charge in [-0.05, 0) is 0 Å². The topological polar surface area (TPSA) is 43.1 Å². The number of benzene rings is 1. The maximum absolute atomic E-state index is 10.4. The first-order chi connectivity index (χ1) is 5.77. The fraction of sp³-hybridized carbons (Fsp3) is 0. The molecule has 0 spiro atoms. The van der Waals surface area contributed by atoms with E-state index in [9.17, 15) is 10.1 Å². The zero-order valence-corrected chi connectivity index (χ0v) is 8.39. The molecule has 0 atom stereocenters. The predicted molar refractivity (Wildman–Crippen MR) is 47.5 cm³/mol. The molecule has 1 aromatic heterocycles. The third kappa shape index (κ3) is 1.24. The van der Waals surface area contributed by atoms with Crippen molar-refractivity contribution >= 4 is 34.9 Å². The first-order valence-electron chi connectivity index (χ1n) is 3.39. The third-order valence-corrected chi connectivity index (χ3v) is 4.16. The van der Waals surface area contributed by atoms with Gasteiger partial charge in [0.1, 0.15) is 0 Å². The molecule has 0 fully saturated rings. The van der Waals surface area contributed by atoms with Crippen molar-refractivity contribution in [3.8, 4) is 0 Å². The molecule has 2 aromatic rings. The van der Waals surface area contributed by atoms with Crippen LogP contribution in [0.5, 0.6) is 0 Å². The summed E-state index contributed by atoms with van der Waals surface area (Å²) in [5.74, 6) is 0. The molecule has 12 heavy (non-hydrogen) atoms. The van der Waals surface area contributed by atoms with Gasteiger partial charge in [-0.15, -0.1) is 0 Å². The van der Waals surface area contributed by atoms with Crippen molar-refractivity contribution in [3.63, 3.8) is 0 Å². The number of rotatable bonds is 1. The maximum atomic E-state index is 10.4. The molecule has 1 heterocycles. The standard InChI is InChI=1S/C8H5NO2Te/c10-9(11)7-2-1-6-3-4-12-8(6)5-7/h1-5H. The molecule has 0 bridgehead atoms. The van der Waals surface area contributed by atoms with Crippen LogP contribution >= 0.6 is 0 Å². The number of hydrogen-bond donors (Lipinski definition) is 0. The van der Waals surface area contributed by atoms with E-state index in [1.807, 2.05) is 12.1 Å². The first kappa shape index (κ1) is 7.78. The Morgan fingerprint density at radius 3 is 2.92 bits per heavy atom. The Kier molecular flexibility index (Phi) is 1.87. The van der Waals surface area contributed by atoms with Gasteiger partial charge in [0.25, 0.3) is 0 Å². The van der Waals surface area contributed by atoms with Crippen LogP contribution in [0.2, 0.25) is 0 Å². The van der Waals surface area contributed by atoms with Gasteiger partial charge in [0, 0.05) is 0 Å². The number of nitro groups is 1. The molecule has 2 rings (SSSR count). The Bertz CT molecular complexity index is 435. The van der Waals surface area contributed by atoms with Crippen LogP contribution in [-0.4, -0.2) is 25.4 Å². The fourth-order valence-corrected chi connectivity index (χ4v) is 3.40. The zero-order valence-electron chi connectivity index (χ0n) is 6.06. The van der Waals surface area contributed by atoms with Crippen molar-refractivity contribution in [2.24, 2.45) is 0 Å². The van der Waals surface area contributed by atoms with E-state index in [0.29, 0.717) is 0 Å². The van der Waals surface area contributed by atoms with E-state index in [2.05, 4.69) is 4.08 Å². The Balaban J connectivity index is 2.68. The van der Waals surface area contributed by atoms with E-state index < -0.39 is 0 Å². The van der Waals surface area contributed by atoms with Gasteiger partial charge in [-0.2, -0.15) is 0 Å². The van der Waals surface area contributed by atoms with Crippen molar-refractivity contribution in [2.45, 2.75) is 0 Å².